The molecular formula is C33H62N7O14PS. The molecule has 0 heterocycles. The molecule has 21 nitrogen and oxygen atoms in total. The summed E-state index contributed by atoms with van der Waals surface area (Å²) in [4.78, 5) is 65.4. The predicted octanol–water partition coefficient (Wildman–Crippen LogP) is -2.28. The van der Waals surface area contributed by atoms with Crippen molar-refractivity contribution in [3.8, 4) is 5.75 Å². The van der Waals surface area contributed by atoms with Crippen LogP contribution >= 0.6 is 6.49 Å². The van der Waals surface area contributed by atoms with Gasteiger partial charge in [0.25, 0.3) is 0 Å². The number of carbonyl (C=O) groups excluding carboxylic acids is 3. The third-order valence-electron chi connectivity index (χ3n) is 7.27. The number of nitrogens with one attached hydrogen (secondary N) is 3. The summed E-state index contributed by atoms with van der Waals surface area (Å²) >= 11 is 5.15. The lowest BCUT2D eigenvalue weighted by atomic mass is 10.0. The van der Waals surface area contributed by atoms with E-state index < -0.39 is 30.3 Å². The Labute approximate surface area is 333 Å². The van der Waals surface area contributed by atoms with Crippen molar-refractivity contribution in [3.63, 3.8) is 0 Å². The maximum Gasteiger partial charge on any atom is 0.237 e. The molecule has 1 aromatic rings. The van der Waals surface area contributed by atoms with Crippen molar-refractivity contribution in [1.29, 1.82) is 0 Å². The Morgan fingerprint density at radius 2 is 1.02 bits per heavy atom. The molecule has 0 fully saturated rings. The molecule has 10 N–H and O–H groups in total. The Kier molecular flexibility index (Phi) is 31.8. The lowest BCUT2D eigenvalue weighted by molar-refractivity contribution is -0.131. The molecule has 1 aromatic carbocycles. The van der Waals surface area contributed by atoms with E-state index in [0.29, 0.717) is 70.3 Å². The second kappa shape index (κ2) is 34.6. The second-order valence-corrected chi connectivity index (χ2v) is 15.4. The van der Waals surface area contributed by atoms with Gasteiger partial charge in [0, 0.05) is 25.8 Å². The average Bonchev–Trinajstić information content (AvgIpc) is 3.18. The molecule has 0 aliphatic carbocycles. The van der Waals surface area contributed by atoms with Gasteiger partial charge in [0.15, 0.2) is 0 Å². The Balaban J connectivity index is 3.02. The van der Waals surface area contributed by atoms with Gasteiger partial charge in [0.05, 0.1) is 118 Å². The molecule has 2 atom stereocenters. The van der Waals surface area contributed by atoms with E-state index in [0.717, 1.165) is 0 Å². The summed E-state index contributed by atoms with van der Waals surface area (Å²) in [5.74, 6) is 14.0. The van der Waals surface area contributed by atoms with Crippen molar-refractivity contribution in [2.24, 2.45) is 17.7 Å². The summed E-state index contributed by atoms with van der Waals surface area (Å²) in [7, 11) is 0. The zero-order chi connectivity index (χ0) is 41.1. The molecule has 0 saturated carbocycles. The van der Waals surface area contributed by atoms with Crippen LogP contribution in [0.1, 0.15) is 12.5 Å². The molecular weight excluding hydrogens is 781 g/mol. The summed E-state index contributed by atoms with van der Waals surface area (Å²) < 4.78 is 38.0. The van der Waals surface area contributed by atoms with Gasteiger partial charge in [-0.15, -0.1) is 0 Å². The van der Waals surface area contributed by atoms with E-state index in [4.69, 9.17) is 62.4 Å². The highest BCUT2D eigenvalue weighted by Gasteiger charge is 2.30. The molecule has 0 aliphatic heterocycles. The van der Waals surface area contributed by atoms with Crippen LogP contribution in [0.5, 0.6) is 5.75 Å². The fraction of sp³-hybridized carbons (Fsp3) is 0.727. The molecule has 56 heavy (non-hydrogen) atoms. The molecule has 0 saturated heterocycles. The number of nitrogens with two attached hydrogens (primary N) is 3. The van der Waals surface area contributed by atoms with Gasteiger partial charge < -0.3 is 68.3 Å². The summed E-state index contributed by atoms with van der Waals surface area (Å²) in [5.41, 5.74) is 0.697. The summed E-state index contributed by atoms with van der Waals surface area (Å²) in [5, 5.41) is 8.40. The van der Waals surface area contributed by atoms with Gasteiger partial charge in [-0.1, -0.05) is 19.1 Å². The molecule has 23 heteroatoms. The maximum absolute atomic E-state index is 13.8. The number of carbonyl (C=O) groups is 3. The first-order valence-corrected chi connectivity index (χ1v) is 21.1. The number of ether oxygens (including phenoxy) is 6. The van der Waals surface area contributed by atoms with Crippen LogP contribution in [-0.4, -0.2) is 172 Å². The van der Waals surface area contributed by atoms with E-state index in [1.54, 1.807) is 31.2 Å². The lowest BCUT2D eigenvalue weighted by Crippen LogP contribution is -2.54. The van der Waals surface area contributed by atoms with Crippen LogP contribution in [-0.2, 0) is 75.5 Å². The fourth-order valence-corrected chi connectivity index (χ4v) is 5.30. The van der Waals surface area contributed by atoms with Gasteiger partial charge in [-0.05, 0) is 35.9 Å². The normalized spacial score (nSPS) is 13.0. The Hall–Kier alpha value is -2.48. The van der Waals surface area contributed by atoms with Crippen molar-refractivity contribution in [3.05, 3.63) is 29.8 Å². The number of amides is 3. The molecule has 1 rings (SSSR count). The van der Waals surface area contributed by atoms with Gasteiger partial charge in [0.2, 0.25) is 24.2 Å². The Morgan fingerprint density at radius 3 is 1.41 bits per heavy atom. The first-order valence-electron chi connectivity index (χ1n) is 18.2. The summed E-state index contributed by atoms with van der Waals surface area (Å²) in [6.45, 7) is 2.86. The van der Waals surface area contributed by atoms with Crippen molar-refractivity contribution < 1.29 is 66.7 Å². The highest BCUT2D eigenvalue weighted by Crippen LogP contribution is 2.42. The number of rotatable bonds is 38. The maximum atomic E-state index is 13.8. The van der Waals surface area contributed by atoms with E-state index >= 15 is 0 Å². The summed E-state index contributed by atoms with van der Waals surface area (Å²) in [6.07, 6.45) is 0.408. The zero-order valence-electron chi connectivity index (χ0n) is 32.2. The number of hydrogen-bond donors (Lipinski definition) is 7. The van der Waals surface area contributed by atoms with Crippen molar-refractivity contribution >= 4 is 36.0 Å². The first-order chi connectivity index (χ1) is 27.1. The van der Waals surface area contributed by atoms with Crippen LogP contribution in [0, 0.1) is 0 Å². The minimum atomic E-state index is -2.98. The minimum Gasteiger partial charge on any atom is -0.444 e. The van der Waals surface area contributed by atoms with Gasteiger partial charge in [-0.25, -0.2) is 17.7 Å². The van der Waals surface area contributed by atoms with Gasteiger partial charge >= 0.3 is 0 Å². The molecule has 0 aromatic heterocycles. The Morgan fingerprint density at radius 1 is 0.643 bits per heavy atom. The van der Waals surface area contributed by atoms with Gasteiger partial charge in [-0.2, -0.15) is 0 Å². The molecule has 3 amide bonds. The number of hydrogen-bond acceptors (Lipinski definition) is 18. The predicted molar refractivity (Wildman–Crippen MR) is 208 cm³/mol. The molecule has 0 radical (unpaired) electrons. The Bertz CT molecular complexity index is 1180. The average molecular weight is 844 g/mol. The van der Waals surface area contributed by atoms with Crippen molar-refractivity contribution in [2.45, 2.75) is 19.4 Å². The fourth-order valence-electron chi connectivity index (χ4n) is 4.46. The number of benzene rings is 1. The summed E-state index contributed by atoms with van der Waals surface area (Å²) in [6, 6.07) is 5.77. The van der Waals surface area contributed by atoms with Crippen LogP contribution in [0.15, 0.2) is 24.3 Å². The monoisotopic (exact) mass is 843 g/mol. The van der Waals surface area contributed by atoms with Crippen LogP contribution in [0.25, 0.3) is 0 Å². The third-order valence-corrected chi connectivity index (χ3v) is 9.57. The van der Waals surface area contributed by atoms with Crippen LogP contribution in [0.4, 0.5) is 0 Å². The van der Waals surface area contributed by atoms with E-state index in [1.807, 2.05) is 0 Å². The highest BCUT2D eigenvalue weighted by molar-refractivity contribution is 8.09. The molecule has 0 spiro atoms. The number of nitrogens with zero attached hydrogens (tertiary/aromatic N) is 1. The molecule has 324 valence electrons. The van der Waals surface area contributed by atoms with Crippen molar-refractivity contribution in [2.75, 3.05) is 138 Å². The second-order valence-electron chi connectivity index (χ2n) is 11.6. The van der Waals surface area contributed by atoms with Gasteiger partial charge in [-0.3, -0.25) is 19.3 Å². The largest absolute Gasteiger partial charge is 0.444 e. The van der Waals surface area contributed by atoms with Crippen LogP contribution < -0.4 is 38.2 Å². The molecule has 0 aliphatic rings. The van der Waals surface area contributed by atoms with E-state index in [-0.39, 0.29) is 85.4 Å². The minimum absolute atomic E-state index is 0.113. The SMILES string of the molecule is CCP(O)(=S)Oc1ccc(CC(C(=O)NCCOCCOCCON)N(CC(=O)NCCOCCOCCON)CC(=O)NCCOCCOCCON)cc1. The van der Waals surface area contributed by atoms with E-state index in [9.17, 15) is 19.3 Å². The molecule has 0 bridgehead atoms. The van der Waals surface area contributed by atoms with Crippen LogP contribution in [0.2, 0.25) is 0 Å². The highest BCUT2D eigenvalue weighted by atomic mass is 32.5. The lowest BCUT2D eigenvalue weighted by Gasteiger charge is -2.30. The quantitative estimate of drug-likeness (QED) is 0.0210. The van der Waals surface area contributed by atoms with E-state index in [1.165, 1.54) is 4.90 Å². The third kappa shape index (κ3) is 28.0. The van der Waals surface area contributed by atoms with Crippen molar-refractivity contribution in [1.82, 2.24) is 20.9 Å². The standard InChI is InChI=1S/C33H62N7O14PS/c1-2-55(44,56)54-29-5-3-28(4-6-29)25-30(33(43)39-9-12-47-15-18-50-21-24-53-36)40(26-31(41)37-7-10-45-13-16-48-19-22-51-34)27-32(42)38-8-11-46-14-17-49-20-23-52-35/h3-6,30H,2,7-27,34-36H2,1H3,(H,37,41)(H,38,42)(H,39,43)(H,44,56). The van der Waals surface area contributed by atoms with Crippen LogP contribution in [0.3, 0.4) is 0 Å². The topological polar surface area (TPSA) is 281 Å². The van der Waals surface area contributed by atoms with Gasteiger partial charge in [0.1, 0.15) is 5.75 Å². The first kappa shape index (κ1) is 51.5. The van der Waals surface area contributed by atoms with E-state index in [2.05, 4.69) is 30.5 Å². The smallest absolute Gasteiger partial charge is 0.237 e. The zero-order valence-corrected chi connectivity index (χ0v) is 33.9. The molecule has 2 unspecified atom stereocenters.